The largest absolute Gasteiger partial charge is 0.497 e. The van der Waals surface area contributed by atoms with E-state index in [4.69, 9.17) is 34.2 Å². The van der Waals surface area contributed by atoms with Crippen molar-refractivity contribution in [2.75, 3.05) is 25.1 Å². The lowest BCUT2D eigenvalue weighted by Crippen LogP contribution is -2.40. The van der Waals surface area contributed by atoms with Gasteiger partial charge in [0.1, 0.15) is 10.7 Å². The van der Waals surface area contributed by atoms with E-state index in [1.54, 1.807) is 18.2 Å². The zero-order valence-electron chi connectivity index (χ0n) is 11.0. The standard InChI is InChI=1S/C12H16N4O3S/c1-19-7-2-3-8(12(15)20)9(4-7)16(5-10(13)17)6-11(14)18/h2-4H,5-6H2,1H3,(H2,13,17)(H2,14,18)(H2,15,20). The van der Waals surface area contributed by atoms with Crippen LogP contribution in [0, 0.1) is 0 Å². The number of amides is 2. The van der Waals surface area contributed by atoms with Crippen molar-refractivity contribution >= 4 is 34.7 Å². The van der Waals surface area contributed by atoms with Gasteiger partial charge in [0.05, 0.1) is 25.9 Å². The minimum Gasteiger partial charge on any atom is -0.497 e. The maximum Gasteiger partial charge on any atom is 0.236 e. The highest BCUT2D eigenvalue weighted by Crippen LogP contribution is 2.26. The van der Waals surface area contributed by atoms with E-state index in [2.05, 4.69) is 0 Å². The molecule has 0 aliphatic rings. The highest BCUT2D eigenvalue weighted by Gasteiger charge is 2.18. The van der Waals surface area contributed by atoms with Gasteiger partial charge in [-0.15, -0.1) is 0 Å². The van der Waals surface area contributed by atoms with Crippen molar-refractivity contribution in [3.8, 4) is 5.75 Å². The Morgan fingerprint density at radius 2 is 1.75 bits per heavy atom. The van der Waals surface area contributed by atoms with Crippen LogP contribution >= 0.6 is 12.2 Å². The lowest BCUT2D eigenvalue weighted by Gasteiger charge is -2.24. The minimum absolute atomic E-state index is 0.126. The second-order valence-electron chi connectivity index (χ2n) is 4.04. The first kappa shape index (κ1) is 15.7. The van der Waals surface area contributed by atoms with Crippen molar-refractivity contribution in [2.45, 2.75) is 0 Å². The summed E-state index contributed by atoms with van der Waals surface area (Å²) in [5.41, 5.74) is 17.0. The van der Waals surface area contributed by atoms with E-state index in [1.165, 1.54) is 12.0 Å². The molecule has 0 saturated heterocycles. The van der Waals surface area contributed by atoms with Gasteiger partial charge in [-0.3, -0.25) is 9.59 Å². The number of benzene rings is 1. The summed E-state index contributed by atoms with van der Waals surface area (Å²) < 4.78 is 5.11. The third kappa shape index (κ3) is 4.09. The first-order valence-corrected chi connectivity index (χ1v) is 6.05. The predicted octanol–water partition coefficient (Wildman–Crippen LogP) is -0.894. The van der Waals surface area contributed by atoms with E-state index in [0.717, 1.165) is 0 Å². The molecular weight excluding hydrogens is 280 g/mol. The van der Waals surface area contributed by atoms with Crippen LogP contribution in [-0.2, 0) is 9.59 Å². The predicted molar refractivity (Wildman–Crippen MR) is 79.5 cm³/mol. The number of rotatable bonds is 7. The Balaban J connectivity index is 3.30. The molecule has 0 unspecified atom stereocenters. The quantitative estimate of drug-likeness (QED) is 0.560. The Morgan fingerprint density at radius 1 is 1.20 bits per heavy atom. The number of nitrogens with two attached hydrogens (primary N) is 3. The van der Waals surface area contributed by atoms with E-state index in [9.17, 15) is 9.59 Å². The summed E-state index contributed by atoms with van der Waals surface area (Å²) in [5, 5.41) is 0. The maximum absolute atomic E-state index is 11.1. The molecule has 1 aromatic carbocycles. The molecule has 1 rings (SSSR count). The molecule has 0 bridgehead atoms. The van der Waals surface area contributed by atoms with Crippen LogP contribution in [0.25, 0.3) is 0 Å². The fraction of sp³-hybridized carbons (Fsp3) is 0.250. The number of carbonyl (C=O) groups is 2. The Kier molecular flexibility index (Phi) is 5.27. The van der Waals surface area contributed by atoms with Gasteiger partial charge in [-0.2, -0.15) is 0 Å². The second kappa shape index (κ2) is 6.71. The van der Waals surface area contributed by atoms with Crippen molar-refractivity contribution in [1.82, 2.24) is 0 Å². The molecular formula is C12H16N4O3S. The van der Waals surface area contributed by atoms with Gasteiger partial charge >= 0.3 is 0 Å². The van der Waals surface area contributed by atoms with E-state index in [-0.39, 0.29) is 18.1 Å². The lowest BCUT2D eigenvalue weighted by molar-refractivity contribution is -0.117. The van der Waals surface area contributed by atoms with Gasteiger partial charge in [0.25, 0.3) is 0 Å². The molecule has 0 radical (unpaired) electrons. The van der Waals surface area contributed by atoms with Crippen molar-refractivity contribution in [3.05, 3.63) is 23.8 Å². The molecule has 0 aliphatic heterocycles. The second-order valence-corrected chi connectivity index (χ2v) is 4.48. The van der Waals surface area contributed by atoms with Crippen LogP contribution in [0.4, 0.5) is 5.69 Å². The van der Waals surface area contributed by atoms with Gasteiger partial charge in [-0.1, -0.05) is 12.2 Å². The topological polar surface area (TPSA) is 125 Å². The number of ether oxygens (including phenoxy) is 1. The van der Waals surface area contributed by atoms with Gasteiger partial charge < -0.3 is 26.8 Å². The van der Waals surface area contributed by atoms with Crippen molar-refractivity contribution < 1.29 is 14.3 Å². The number of hydrogen-bond donors (Lipinski definition) is 3. The monoisotopic (exact) mass is 296 g/mol. The molecule has 108 valence electrons. The number of thiocarbonyl (C=S) groups is 1. The zero-order valence-corrected chi connectivity index (χ0v) is 11.8. The Labute approximate surface area is 121 Å². The molecule has 1 aromatic rings. The SMILES string of the molecule is COc1ccc(C(N)=S)c(N(CC(N)=O)CC(N)=O)c1. The van der Waals surface area contributed by atoms with Crippen LogP contribution < -0.4 is 26.8 Å². The smallest absolute Gasteiger partial charge is 0.236 e. The van der Waals surface area contributed by atoms with Crippen molar-refractivity contribution in [3.63, 3.8) is 0 Å². The molecule has 0 heterocycles. The number of methoxy groups -OCH3 is 1. The van der Waals surface area contributed by atoms with Crippen LogP contribution in [0.2, 0.25) is 0 Å². The molecule has 20 heavy (non-hydrogen) atoms. The summed E-state index contributed by atoms with van der Waals surface area (Å²) in [7, 11) is 1.49. The molecule has 0 saturated carbocycles. The van der Waals surface area contributed by atoms with Gasteiger partial charge in [0.2, 0.25) is 11.8 Å². The fourth-order valence-corrected chi connectivity index (χ4v) is 1.88. The number of anilines is 1. The molecule has 0 spiro atoms. The Bertz CT molecular complexity index is 532. The molecule has 0 aromatic heterocycles. The van der Waals surface area contributed by atoms with Gasteiger partial charge in [-0.25, -0.2) is 0 Å². The number of nitrogens with zero attached hydrogens (tertiary/aromatic N) is 1. The lowest BCUT2D eigenvalue weighted by atomic mass is 10.1. The maximum atomic E-state index is 11.1. The number of hydrogen-bond acceptors (Lipinski definition) is 5. The molecule has 0 aliphatic carbocycles. The van der Waals surface area contributed by atoms with E-state index in [1.807, 2.05) is 0 Å². The van der Waals surface area contributed by atoms with Crippen molar-refractivity contribution in [1.29, 1.82) is 0 Å². The molecule has 2 amide bonds. The first-order valence-electron chi connectivity index (χ1n) is 5.64. The van der Waals surface area contributed by atoms with Crippen LogP contribution in [0.5, 0.6) is 5.75 Å². The number of primary amides is 2. The molecule has 7 nitrogen and oxygen atoms in total. The van der Waals surface area contributed by atoms with E-state index >= 15 is 0 Å². The molecule has 6 N–H and O–H groups in total. The third-order valence-electron chi connectivity index (χ3n) is 2.50. The van der Waals surface area contributed by atoms with Gasteiger partial charge in [-0.05, 0) is 12.1 Å². The fourth-order valence-electron chi connectivity index (χ4n) is 1.71. The summed E-state index contributed by atoms with van der Waals surface area (Å²) in [6, 6.07) is 4.93. The summed E-state index contributed by atoms with van der Waals surface area (Å²) in [6.45, 7) is -0.378. The Morgan fingerprint density at radius 3 is 2.15 bits per heavy atom. The van der Waals surface area contributed by atoms with Crippen LogP contribution in [0.3, 0.4) is 0 Å². The van der Waals surface area contributed by atoms with Crippen LogP contribution in [0.1, 0.15) is 5.56 Å². The highest BCUT2D eigenvalue weighted by atomic mass is 32.1. The number of carbonyl (C=O) groups excluding carboxylic acids is 2. The summed E-state index contributed by atoms with van der Waals surface area (Å²) in [6.07, 6.45) is 0. The van der Waals surface area contributed by atoms with Crippen molar-refractivity contribution in [2.24, 2.45) is 17.2 Å². The third-order valence-corrected chi connectivity index (χ3v) is 2.72. The van der Waals surface area contributed by atoms with Gasteiger partial charge in [0.15, 0.2) is 0 Å². The highest BCUT2D eigenvalue weighted by molar-refractivity contribution is 7.80. The average Bonchev–Trinajstić information content (AvgIpc) is 2.36. The minimum atomic E-state index is -0.608. The average molecular weight is 296 g/mol. The first-order chi connectivity index (χ1) is 9.35. The van der Waals surface area contributed by atoms with Crippen LogP contribution in [0.15, 0.2) is 18.2 Å². The van der Waals surface area contributed by atoms with E-state index < -0.39 is 11.8 Å². The summed E-state index contributed by atoms with van der Waals surface area (Å²) in [4.78, 5) is 23.8. The van der Waals surface area contributed by atoms with Crippen LogP contribution in [-0.4, -0.2) is 37.0 Å². The van der Waals surface area contributed by atoms with Gasteiger partial charge in [0, 0.05) is 11.6 Å². The molecule has 0 atom stereocenters. The summed E-state index contributed by atoms with van der Waals surface area (Å²) >= 11 is 4.95. The summed E-state index contributed by atoms with van der Waals surface area (Å²) in [5.74, 6) is -0.690. The molecule has 8 heteroatoms. The normalized spacial score (nSPS) is 9.85. The molecule has 0 fully saturated rings. The van der Waals surface area contributed by atoms with E-state index in [0.29, 0.717) is 17.0 Å². The zero-order chi connectivity index (χ0) is 15.3. The Hall–Kier alpha value is -2.35.